The summed E-state index contributed by atoms with van der Waals surface area (Å²) in [5, 5.41) is 18.3. The quantitative estimate of drug-likeness (QED) is 0.616. The molecule has 1 heterocycles. The topological polar surface area (TPSA) is 77.8 Å². The third kappa shape index (κ3) is 4.19. The lowest BCUT2D eigenvalue weighted by Gasteiger charge is -2.53. The molecule has 22 heavy (non-hydrogen) atoms. The van der Waals surface area contributed by atoms with Gasteiger partial charge in [0.1, 0.15) is 0 Å². The Morgan fingerprint density at radius 3 is 1.86 bits per heavy atom. The molecule has 0 atom stereocenters. The van der Waals surface area contributed by atoms with Gasteiger partial charge >= 0.3 is 11.9 Å². The molecule has 2 N–H and O–H groups in total. The second-order valence-electron chi connectivity index (χ2n) is 7.41. The summed E-state index contributed by atoms with van der Waals surface area (Å²) >= 11 is 0. The number of allylic oxidation sites excluding steroid dienone is 1. The van der Waals surface area contributed by atoms with Gasteiger partial charge in [0.15, 0.2) is 0 Å². The highest BCUT2D eigenvalue weighted by Crippen LogP contribution is 2.41. The van der Waals surface area contributed by atoms with E-state index in [4.69, 9.17) is 5.11 Å². The number of carboxylic acids is 2. The second kappa shape index (κ2) is 6.24. The molecular formula is C17H27NO4. The largest absolute Gasteiger partial charge is 0.478 e. The Kier molecular flexibility index (Phi) is 5.23. The molecule has 0 aliphatic carbocycles. The molecule has 5 heteroatoms. The highest BCUT2D eigenvalue weighted by molar-refractivity contribution is 5.94. The molecule has 1 rings (SSSR count). The van der Waals surface area contributed by atoms with Crippen molar-refractivity contribution in [2.45, 2.75) is 58.5 Å². The highest BCUT2D eigenvalue weighted by atomic mass is 16.4. The van der Waals surface area contributed by atoms with Crippen molar-refractivity contribution in [3.05, 3.63) is 23.3 Å². The summed E-state index contributed by atoms with van der Waals surface area (Å²) in [6.07, 6.45) is 4.63. The van der Waals surface area contributed by atoms with Crippen LogP contribution in [0, 0.1) is 5.92 Å². The number of piperidine rings is 1. The monoisotopic (exact) mass is 309 g/mol. The van der Waals surface area contributed by atoms with Crippen LogP contribution in [-0.4, -0.2) is 45.2 Å². The molecule has 0 aromatic rings. The zero-order chi connectivity index (χ0) is 17.3. The SMILES string of the molecule is CC(=CC(=CC1CC(C)(C)N(C)C(C)(C)C1)C(=O)O)C(=O)O. The molecule has 5 nitrogen and oxygen atoms in total. The second-order valence-corrected chi connectivity index (χ2v) is 7.41. The summed E-state index contributed by atoms with van der Waals surface area (Å²) in [5.74, 6) is -2.09. The Bertz CT molecular complexity index is 511. The minimum atomic E-state index is -1.10. The molecule has 0 amide bonds. The van der Waals surface area contributed by atoms with Crippen molar-refractivity contribution in [3.63, 3.8) is 0 Å². The van der Waals surface area contributed by atoms with E-state index in [0.717, 1.165) is 12.8 Å². The van der Waals surface area contributed by atoms with Crippen LogP contribution in [0.3, 0.4) is 0 Å². The van der Waals surface area contributed by atoms with Crippen LogP contribution in [0.25, 0.3) is 0 Å². The van der Waals surface area contributed by atoms with Crippen molar-refractivity contribution in [1.29, 1.82) is 0 Å². The van der Waals surface area contributed by atoms with Crippen LogP contribution in [0.1, 0.15) is 47.5 Å². The van der Waals surface area contributed by atoms with E-state index >= 15 is 0 Å². The number of hydrogen-bond acceptors (Lipinski definition) is 3. The van der Waals surface area contributed by atoms with Crippen LogP contribution in [-0.2, 0) is 9.59 Å². The first kappa shape index (κ1) is 18.4. The Labute approximate surface area is 132 Å². The number of hydrogen-bond donors (Lipinski definition) is 2. The van der Waals surface area contributed by atoms with Gasteiger partial charge in [0, 0.05) is 16.7 Å². The van der Waals surface area contributed by atoms with Gasteiger partial charge in [-0.3, -0.25) is 4.90 Å². The number of rotatable bonds is 4. The summed E-state index contributed by atoms with van der Waals surface area (Å²) < 4.78 is 0. The number of aliphatic carboxylic acids is 2. The fourth-order valence-corrected chi connectivity index (χ4v) is 3.30. The van der Waals surface area contributed by atoms with Crippen LogP contribution in [0.4, 0.5) is 0 Å². The average Bonchev–Trinajstić information content (AvgIpc) is 2.33. The zero-order valence-corrected chi connectivity index (χ0v) is 14.3. The first-order valence-electron chi connectivity index (χ1n) is 7.47. The van der Waals surface area contributed by atoms with Crippen molar-refractivity contribution in [2.75, 3.05) is 7.05 Å². The van der Waals surface area contributed by atoms with Gasteiger partial charge < -0.3 is 10.2 Å². The zero-order valence-electron chi connectivity index (χ0n) is 14.3. The molecule has 1 aliphatic rings. The minimum Gasteiger partial charge on any atom is -0.478 e. The summed E-state index contributed by atoms with van der Waals surface area (Å²) in [5.41, 5.74) is -0.00273. The normalized spacial score (nSPS) is 23.4. The van der Waals surface area contributed by atoms with E-state index in [1.54, 1.807) is 6.08 Å². The van der Waals surface area contributed by atoms with E-state index in [-0.39, 0.29) is 28.1 Å². The lowest BCUT2D eigenvalue weighted by Crippen LogP contribution is -2.58. The lowest BCUT2D eigenvalue weighted by molar-refractivity contribution is -0.132. The van der Waals surface area contributed by atoms with E-state index in [1.165, 1.54) is 13.0 Å². The van der Waals surface area contributed by atoms with E-state index in [9.17, 15) is 14.7 Å². The third-order valence-corrected chi connectivity index (χ3v) is 4.71. The molecule has 1 fully saturated rings. The Morgan fingerprint density at radius 1 is 1.05 bits per heavy atom. The number of carbonyl (C=O) groups is 2. The molecule has 0 unspecified atom stereocenters. The lowest BCUT2D eigenvalue weighted by atomic mass is 9.73. The Morgan fingerprint density at radius 2 is 1.50 bits per heavy atom. The van der Waals surface area contributed by atoms with Gasteiger partial charge in [-0.15, -0.1) is 0 Å². The molecule has 0 spiro atoms. The van der Waals surface area contributed by atoms with Gasteiger partial charge in [0.05, 0.1) is 5.57 Å². The summed E-state index contributed by atoms with van der Waals surface area (Å²) in [4.78, 5) is 24.6. The molecule has 1 saturated heterocycles. The van der Waals surface area contributed by atoms with E-state index < -0.39 is 11.9 Å². The van der Waals surface area contributed by atoms with E-state index in [1.807, 2.05) is 0 Å². The predicted octanol–water partition coefficient (Wildman–Crippen LogP) is 2.93. The first-order chi connectivity index (χ1) is 9.86. The van der Waals surface area contributed by atoms with Crippen molar-refractivity contribution in [2.24, 2.45) is 5.92 Å². The molecule has 0 aromatic heterocycles. The average molecular weight is 309 g/mol. The predicted molar refractivity (Wildman–Crippen MR) is 85.8 cm³/mol. The molecule has 0 radical (unpaired) electrons. The highest BCUT2D eigenvalue weighted by Gasteiger charge is 2.42. The third-order valence-electron chi connectivity index (χ3n) is 4.71. The van der Waals surface area contributed by atoms with Crippen molar-refractivity contribution in [3.8, 4) is 0 Å². The number of carboxylic acid groups (broad SMARTS) is 2. The standard InChI is InChI=1S/C17H27NO4/c1-11(14(19)20)7-13(15(21)22)8-12-9-16(2,3)18(6)17(4,5)10-12/h7-8,12H,9-10H2,1-6H3,(H,19,20)(H,21,22). The van der Waals surface area contributed by atoms with Gasteiger partial charge in [0.25, 0.3) is 0 Å². The smallest absolute Gasteiger partial charge is 0.335 e. The van der Waals surface area contributed by atoms with Gasteiger partial charge in [-0.05, 0) is 66.5 Å². The van der Waals surface area contributed by atoms with Crippen molar-refractivity contribution >= 4 is 11.9 Å². The summed E-state index contributed by atoms with van der Waals surface area (Å²) in [6.45, 7) is 9.99. The van der Waals surface area contributed by atoms with Crippen molar-refractivity contribution in [1.82, 2.24) is 4.90 Å². The molecule has 0 aromatic carbocycles. The first-order valence-corrected chi connectivity index (χ1v) is 7.47. The van der Waals surface area contributed by atoms with Gasteiger partial charge in [-0.2, -0.15) is 0 Å². The molecule has 124 valence electrons. The number of nitrogens with zero attached hydrogens (tertiary/aromatic N) is 1. The minimum absolute atomic E-state index is 0.0279. The van der Waals surface area contributed by atoms with Crippen molar-refractivity contribution < 1.29 is 19.8 Å². The maximum absolute atomic E-state index is 11.4. The molecule has 0 bridgehead atoms. The molecule has 1 aliphatic heterocycles. The maximum Gasteiger partial charge on any atom is 0.335 e. The maximum atomic E-state index is 11.4. The van der Waals surface area contributed by atoms with Gasteiger partial charge in [-0.1, -0.05) is 6.08 Å². The Balaban J connectivity index is 3.14. The fraction of sp³-hybridized carbons (Fsp3) is 0.647. The molecule has 0 saturated carbocycles. The summed E-state index contributed by atoms with van der Waals surface area (Å²) in [6, 6.07) is 0. The van der Waals surface area contributed by atoms with Gasteiger partial charge in [0.2, 0.25) is 0 Å². The van der Waals surface area contributed by atoms with Crippen LogP contribution < -0.4 is 0 Å². The molecular weight excluding hydrogens is 282 g/mol. The van der Waals surface area contributed by atoms with Crippen LogP contribution in [0.5, 0.6) is 0 Å². The van der Waals surface area contributed by atoms with E-state index in [2.05, 4.69) is 39.6 Å². The summed E-state index contributed by atoms with van der Waals surface area (Å²) in [7, 11) is 2.09. The van der Waals surface area contributed by atoms with Crippen LogP contribution in [0.15, 0.2) is 23.3 Å². The van der Waals surface area contributed by atoms with E-state index in [0.29, 0.717) is 0 Å². The van der Waals surface area contributed by atoms with Crippen LogP contribution >= 0.6 is 0 Å². The Hall–Kier alpha value is -1.62. The van der Waals surface area contributed by atoms with Crippen LogP contribution in [0.2, 0.25) is 0 Å². The van der Waals surface area contributed by atoms with Gasteiger partial charge in [-0.25, -0.2) is 9.59 Å². The fourth-order valence-electron chi connectivity index (χ4n) is 3.30. The number of likely N-dealkylation sites (tertiary alicyclic amines) is 1.